The molecule has 4 aromatic rings. The predicted molar refractivity (Wildman–Crippen MR) is 138 cm³/mol. The molecule has 4 rings (SSSR count). The van der Waals surface area contributed by atoms with Crippen molar-refractivity contribution in [1.82, 2.24) is 10.4 Å². The predicted octanol–water partition coefficient (Wildman–Crippen LogP) is 6.05. The van der Waals surface area contributed by atoms with Crippen molar-refractivity contribution >= 4 is 34.3 Å². The third kappa shape index (κ3) is 7.18. The zero-order chi connectivity index (χ0) is 27.0. The van der Waals surface area contributed by atoms with Crippen molar-refractivity contribution in [1.29, 1.82) is 5.26 Å². The molecule has 38 heavy (non-hydrogen) atoms. The Bertz CT molecular complexity index is 1490. The third-order valence-corrected chi connectivity index (χ3v) is 5.97. The van der Waals surface area contributed by atoms with Gasteiger partial charge < -0.3 is 10.1 Å². The first-order valence-electron chi connectivity index (χ1n) is 11.2. The molecule has 0 aliphatic heterocycles. The molecule has 0 saturated carbocycles. The number of ether oxygens (including phenoxy) is 1. The molecule has 3 aromatic carbocycles. The summed E-state index contributed by atoms with van der Waals surface area (Å²) in [5, 5.41) is 18.1. The van der Waals surface area contributed by atoms with Crippen LogP contribution in [0.1, 0.15) is 27.9 Å². The van der Waals surface area contributed by atoms with E-state index >= 15 is 0 Å². The number of hydrogen-bond donors (Lipinski definition) is 2. The van der Waals surface area contributed by atoms with E-state index in [0.29, 0.717) is 27.7 Å². The Hall–Kier alpha value is -4.69. The van der Waals surface area contributed by atoms with Gasteiger partial charge in [0.2, 0.25) is 5.91 Å². The third-order valence-electron chi connectivity index (χ3n) is 5.17. The highest BCUT2D eigenvalue weighted by Gasteiger charge is 2.30. The van der Waals surface area contributed by atoms with Crippen LogP contribution in [-0.4, -0.2) is 17.1 Å². The van der Waals surface area contributed by atoms with Crippen LogP contribution < -0.4 is 15.5 Å². The lowest BCUT2D eigenvalue weighted by Gasteiger charge is -2.10. The Labute approximate surface area is 220 Å². The molecule has 0 spiro atoms. The quantitative estimate of drug-likeness (QED) is 0.201. The van der Waals surface area contributed by atoms with Crippen LogP contribution in [-0.2, 0) is 24.0 Å². The van der Waals surface area contributed by atoms with Crippen LogP contribution in [0.5, 0.6) is 5.75 Å². The number of anilines is 2. The van der Waals surface area contributed by atoms with Gasteiger partial charge >= 0.3 is 6.18 Å². The number of aromatic nitrogens is 1. The van der Waals surface area contributed by atoms with Gasteiger partial charge in [-0.2, -0.15) is 23.5 Å². The summed E-state index contributed by atoms with van der Waals surface area (Å²) in [7, 11) is 0. The Morgan fingerprint density at radius 1 is 1.11 bits per heavy atom. The first-order valence-corrected chi connectivity index (χ1v) is 12.1. The second kappa shape index (κ2) is 12.0. The van der Waals surface area contributed by atoms with Crippen LogP contribution in [0.4, 0.5) is 24.0 Å². The van der Waals surface area contributed by atoms with Gasteiger partial charge in [-0.1, -0.05) is 36.4 Å². The number of carbonyl (C=O) groups is 1. The van der Waals surface area contributed by atoms with Crippen LogP contribution in [0.15, 0.2) is 83.3 Å². The van der Waals surface area contributed by atoms with E-state index in [-0.39, 0.29) is 18.7 Å². The van der Waals surface area contributed by atoms with Gasteiger partial charge in [0.1, 0.15) is 12.4 Å². The molecule has 11 heteroatoms. The van der Waals surface area contributed by atoms with E-state index in [1.54, 1.807) is 41.8 Å². The molecule has 0 aliphatic carbocycles. The number of para-hydroxylation sites is 1. The zero-order valence-electron chi connectivity index (χ0n) is 19.7. The lowest BCUT2D eigenvalue weighted by atomic mass is 10.1. The van der Waals surface area contributed by atoms with Gasteiger partial charge in [0.05, 0.1) is 35.5 Å². The van der Waals surface area contributed by atoms with E-state index in [9.17, 15) is 23.2 Å². The van der Waals surface area contributed by atoms with Gasteiger partial charge in [-0.3, -0.25) is 4.79 Å². The molecular weight excluding hydrogens is 515 g/mol. The van der Waals surface area contributed by atoms with Gasteiger partial charge in [0, 0.05) is 22.2 Å². The van der Waals surface area contributed by atoms with Crippen LogP contribution in [0.2, 0.25) is 0 Å². The number of carbonyl (C=O) groups excluding carboxylic acids is 1. The Kier molecular flexibility index (Phi) is 8.35. The van der Waals surface area contributed by atoms with E-state index in [1.807, 2.05) is 12.1 Å². The van der Waals surface area contributed by atoms with Crippen LogP contribution in [0.25, 0.3) is 0 Å². The van der Waals surface area contributed by atoms with Crippen LogP contribution >= 0.6 is 11.3 Å². The Morgan fingerprint density at radius 3 is 2.71 bits per heavy atom. The number of amides is 1. The number of alkyl halides is 3. The summed E-state index contributed by atoms with van der Waals surface area (Å²) in [6.45, 7) is 0.196. The number of thiazole rings is 1. The van der Waals surface area contributed by atoms with Crippen LogP contribution in [0, 0.1) is 11.3 Å². The largest absolute Gasteiger partial charge is 0.488 e. The fourth-order valence-electron chi connectivity index (χ4n) is 3.35. The van der Waals surface area contributed by atoms with E-state index in [0.717, 1.165) is 17.7 Å². The zero-order valence-corrected chi connectivity index (χ0v) is 20.5. The number of halogens is 3. The summed E-state index contributed by atoms with van der Waals surface area (Å²) in [5.41, 5.74) is 4.26. The van der Waals surface area contributed by atoms with Gasteiger partial charge in [0.25, 0.3) is 0 Å². The van der Waals surface area contributed by atoms with E-state index < -0.39 is 17.6 Å². The summed E-state index contributed by atoms with van der Waals surface area (Å²) < 4.78 is 44.6. The molecule has 1 heterocycles. The fourth-order valence-corrected chi connectivity index (χ4v) is 4.08. The van der Waals surface area contributed by atoms with Gasteiger partial charge in [-0.05, 0) is 36.4 Å². The average Bonchev–Trinajstić information content (AvgIpc) is 3.34. The fraction of sp³-hybridized carbons (Fsp3) is 0.111. The van der Waals surface area contributed by atoms with Crippen molar-refractivity contribution in [2.45, 2.75) is 19.2 Å². The molecular formula is C27H20F3N5O2S. The second-order valence-electron chi connectivity index (χ2n) is 7.91. The molecule has 1 aromatic heterocycles. The summed E-state index contributed by atoms with van der Waals surface area (Å²) in [6.07, 6.45) is -3.06. The van der Waals surface area contributed by atoms with Gasteiger partial charge in [0.15, 0.2) is 5.13 Å². The van der Waals surface area contributed by atoms with E-state index in [4.69, 9.17) is 4.74 Å². The minimum absolute atomic E-state index is 0.0683. The van der Waals surface area contributed by atoms with Crippen molar-refractivity contribution in [3.05, 3.63) is 106 Å². The van der Waals surface area contributed by atoms with E-state index in [2.05, 4.69) is 26.9 Å². The highest BCUT2D eigenvalue weighted by Crippen LogP contribution is 2.31. The Balaban J connectivity index is 1.32. The molecule has 0 fully saturated rings. The standard InChI is InChI=1S/C27H20F3N5O2S/c28-27(29,30)21-9-5-10-22(12-21)33-26-34-23(17-38-26)13-25(36)35-32-15-19-7-3-4-11-24(19)37-16-20-8-2-1-6-18(20)14-31/h1-12,15,17H,13,16H2,(H,33,34)(H,35,36)/b32-15-. The molecule has 2 N–H and O–H groups in total. The number of hydrogen-bond acceptors (Lipinski definition) is 7. The van der Waals surface area contributed by atoms with Crippen molar-refractivity contribution < 1.29 is 22.7 Å². The van der Waals surface area contributed by atoms with Crippen molar-refractivity contribution in [2.24, 2.45) is 5.10 Å². The molecule has 0 radical (unpaired) electrons. The number of rotatable bonds is 9. The maximum atomic E-state index is 12.9. The molecule has 192 valence electrons. The molecule has 0 aliphatic rings. The Morgan fingerprint density at radius 2 is 1.89 bits per heavy atom. The topological polar surface area (TPSA) is 99.4 Å². The first-order chi connectivity index (χ1) is 18.3. The number of nitrogens with zero attached hydrogens (tertiary/aromatic N) is 3. The molecule has 0 bridgehead atoms. The summed E-state index contributed by atoms with van der Waals surface area (Å²) in [4.78, 5) is 16.6. The monoisotopic (exact) mass is 535 g/mol. The summed E-state index contributed by atoms with van der Waals surface area (Å²) in [5.74, 6) is 0.113. The average molecular weight is 536 g/mol. The van der Waals surface area contributed by atoms with Crippen molar-refractivity contribution in [3.8, 4) is 11.8 Å². The lowest BCUT2D eigenvalue weighted by molar-refractivity contribution is -0.137. The summed E-state index contributed by atoms with van der Waals surface area (Å²) >= 11 is 1.17. The first kappa shape index (κ1) is 26.4. The molecule has 0 atom stereocenters. The highest BCUT2D eigenvalue weighted by atomic mass is 32.1. The van der Waals surface area contributed by atoms with Gasteiger partial charge in [-0.25, -0.2) is 10.4 Å². The highest BCUT2D eigenvalue weighted by molar-refractivity contribution is 7.13. The second-order valence-corrected chi connectivity index (χ2v) is 8.77. The minimum Gasteiger partial charge on any atom is -0.488 e. The number of nitrogens with one attached hydrogen (secondary N) is 2. The molecule has 1 amide bonds. The molecule has 0 unspecified atom stereocenters. The lowest BCUT2D eigenvalue weighted by Crippen LogP contribution is -2.20. The smallest absolute Gasteiger partial charge is 0.416 e. The van der Waals surface area contributed by atoms with Crippen molar-refractivity contribution in [2.75, 3.05) is 5.32 Å². The number of hydrazone groups is 1. The van der Waals surface area contributed by atoms with Crippen molar-refractivity contribution in [3.63, 3.8) is 0 Å². The normalized spacial score (nSPS) is 11.2. The molecule has 7 nitrogen and oxygen atoms in total. The maximum Gasteiger partial charge on any atom is 0.416 e. The van der Waals surface area contributed by atoms with Gasteiger partial charge in [-0.15, -0.1) is 11.3 Å². The van der Waals surface area contributed by atoms with E-state index in [1.165, 1.54) is 29.7 Å². The van der Waals surface area contributed by atoms with Crippen LogP contribution in [0.3, 0.4) is 0 Å². The number of benzene rings is 3. The minimum atomic E-state index is -4.44. The maximum absolute atomic E-state index is 12.9. The molecule has 0 saturated heterocycles. The summed E-state index contributed by atoms with van der Waals surface area (Å²) in [6, 6.07) is 21.2. The number of nitriles is 1. The SMILES string of the molecule is N#Cc1ccccc1COc1ccccc1/C=N\NC(=O)Cc1csc(Nc2cccc(C(F)(F)F)c2)n1.